The highest BCUT2D eigenvalue weighted by Gasteiger charge is 2.26. The standard InChI is InChI=1S/C13H14N2O3/c1-3-8-18-9-10-6-4-5-7-11(10)12(15-14)13(16)17-2/h3-7H,1,8-9H2,2H3. The van der Waals surface area contributed by atoms with Gasteiger partial charge in [0.15, 0.2) is 0 Å². The smallest absolute Gasteiger partial charge is 0.422 e. The van der Waals surface area contributed by atoms with E-state index < -0.39 is 5.97 Å². The first kappa shape index (κ1) is 13.8. The summed E-state index contributed by atoms with van der Waals surface area (Å²) < 4.78 is 9.86. The fraction of sp³-hybridized carbons (Fsp3) is 0.231. The third-order valence-corrected chi connectivity index (χ3v) is 2.24. The molecule has 0 fully saturated rings. The molecule has 5 heteroatoms. The molecule has 0 aliphatic carbocycles. The summed E-state index contributed by atoms with van der Waals surface area (Å²) in [4.78, 5) is 14.4. The summed E-state index contributed by atoms with van der Waals surface area (Å²) >= 11 is 0. The third-order valence-electron chi connectivity index (χ3n) is 2.24. The van der Waals surface area contributed by atoms with E-state index in [0.29, 0.717) is 12.2 Å². The van der Waals surface area contributed by atoms with Crippen LogP contribution in [0.2, 0.25) is 0 Å². The van der Waals surface area contributed by atoms with Crippen LogP contribution in [0.1, 0.15) is 11.1 Å². The lowest BCUT2D eigenvalue weighted by Gasteiger charge is -2.05. The zero-order valence-corrected chi connectivity index (χ0v) is 10.1. The molecule has 0 spiro atoms. The molecule has 0 aliphatic heterocycles. The molecule has 0 radical (unpaired) electrons. The average Bonchev–Trinajstić information content (AvgIpc) is 2.41. The van der Waals surface area contributed by atoms with Gasteiger partial charge in [-0.3, -0.25) is 0 Å². The minimum Gasteiger partial charge on any atom is -0.460 e. The van der Waals surface area contributed by atoms with Gasteiger partial charge in [0.05, 0.1) is 25.9 Å². The Balaban J connectivity index is 3.03. The number of nitrogens with zero attached hydrogens (tertiary/aromatic N) is 2. The number of hydrogen-bond donors (Lipinski definition) is 0. The highest BCUT2D eigenvalue weighted by molar-refractivity contribution is 6.41. The van der Waals surface area contributed by atoms with Crippen molar-refractivity contribution >= 4 is 11.7 Å². The maximum Gasteiger partial charge on any atom is 0.422 e. The maximum atomic E-state index is 11.5. The minimum absolute atomic E-state index is 0.143. The lowest BCUT2D eigenvalue weighted by molar-refractivity contribution is -0.137. The van der Waals surface area contributed by atoms with E-state index in [1.165, 1.54) is 7.11 Å². The quantitative estimate of drug-likeness (QED) is 0.191. The van der Waals surface area contributed by atoms with E-state index in [1.54, 1.807) is 24.3 Å². The number of rotatable bonds is 6. The fourth-order valence-corrected chi connectivity index (χ4v) is 1.43. The average molecular weight is 246 g/mol. The molecule has 0 aliphatic rings. The molecule has 1 rings (SSSR count). The molecule has 0 N–H and O–H groups in total. The van der Waals surface area contributed by atoms with Crippen LogP contribution in [0.15, 0.2) is 36.9 Å². The van der Waals surface area contributed by atoms with Crippen LogP contribution in [0, 0.1) is 0 Å². The number of hydrogen-bond acceptors (Lipinski definition) is 3. The first-order chi connectivity index (χ1) is 8.74. The molecule has 0 atom stereocenters. The highest BCUT2D eigenvalue weighted by Crippen LogP contribution is 2.11. The van der Waals surface area contributed by atoms with Crippen molar-refractivity contribution in [2.24, 2.45) is 0 Å². The maximum absolute atomic E-state index is 11.5. The number of ether oxygens (including phenoxy) is 2. The summed E-state index contributed by atoms with van der Waals surface area (Å²) in [6.45, 7) is 4.24. The molecule has 0 aromatic heterocycles. The van der Waals surface area contributed by atoms with Gasteiger partial charge in [-0.05, 0) is 11.6 Å². The molecule has 0 heterocycles. The van der Waals surface area contributed by atoms with Crippen LogP contribution in [0.25, 0.3) is 5.53 Å². The zero-order valence-electron chi connectivity index (χ0n) is 10.1. The van der Waals surface area contributed by atoms with Crippen LogP contribution < -0.4 is 0 Å². The molecule has 5 nitrogen and oxygen atoms in total. The monoisotopic (exact) mass is 246 g/mol. The molecule has 18 heavy (non-hydrogen) atoms. The Labute approximate surface area is 105 Å². The second kappa shape index (κ2) is 7.17. The van der Waals surface area contributed by atoms with E-state index in [9.17, 15) is 4.79 Å². The van der Waals surface area contributed by atoms with Gasteiger partial charge in [-0.2, -0.15) is 4.79 Å². The van der Waals surface area contributed by atoms with Crippen molar-refractivity contribution in [2.75, 3.05) is 13.7 Å². The molecule has 1 aromatic rings. The molecule has 1 aromatic carbocycles. The molecule has 94 valence electrons. The predicted molar refractivity (Wildman–Crippen MR) is 66.0 cm³/mol. The van der Waals surface area contributed by atoms with Gasteiger partial charge in [-0.15, -0.1) is 6.58 Å². The van der Waals surface area contributed by atoms with Gasteiger partial charge in [0, 0.05) is 0 Å². The summed E-state index contributed by atoms with van der Waals surface area (Å²) in [6.07, 6.45) is 1.63. The van der Waals surface area contributed by atoms with E-state index in [2.05, 4.69) is 16.1 Å². The normalized spacial score (nSPS) is 9.39. The molecule has 0 amide bonds. The van der Waals surface area contributed by atoms with Crippen LogP contribution in [-0.2, 0) is 20.9 Å². The largest absolute Gasteiger partial charge is 0.460 e. The third kappa shape index (κ3) is 3.38. The van der Waals surface area contributed by atoms with Gasteiger partial charge in [-0.25, -0.2) is 4.79 Å². The Bertz CT molecular complexity index is 491. The lowest BCUT2D eigenvalue weighted by atomic mass is 10.0. The Kier molecular flexibility index (Phi) is 5.51. The van der Waals surface area contributed by atoms with E-state index >= 15 is 0 Å². The second-order valence-corrected chi connectivity index (χ2v) is 3.40. The van der Waals surface area contributed by atoms with Crippen molar-refractivity contribution in [3.05, 3.63) is 53.6 Å². The summed E-state index contributed by atoms with van der Waals surface area (Å²) in [6, 6.07) is 6.99. The van der Waals surface area contributed by atoms with Gasteiger partial charge in [0.1, 0.15) is 0 Å². The van der Waals surface area contributed by atoms with Gasteiger partial charge in [-0.1, -0.05) is 24.3 Å². The Morgan fingerprint density at radius 2 is 2.22 bits per heavy atom. The van der Waals surface area contributed by atoms with Crippen molar-refractivity contribution < 1.29 is 19.1 Å². The zero-order chi connectivity index (χ0) is 13.4. The number of carbonyl (C=O) groups excluding carboxylic acids is 1. The Morgan fingerprint density at radius 1 is 1.50 bits per heavy atom. The summed E-state index contributed by atoms with van der Waals surface area (Å²) in [5.74, 6) is -0.700. The fourth-order valence-electron chi connectivity index (χ4n) is 1.43. The number of carbonyl (C=O) groups is 1. The first-order valence-corrected chi connectivity index (χ1v) is 5.31. The number of methoxy groups -OCH3 is 1. The van der Waals surface area contributed by atoms with Crippen molar-refractivity contribution in [1.29, 1.82) is 0 Å². The first-order valence-electron chi connectivity index (χ1n) is 5.31. The predicted octanol–water partition coefficient (Wildman–Crippen LogP) is 1.58. The molecule has 0 unspecified atom stereocenters. The van der Waals surface area contributed by atoms with E-state index in [4.69, 9.17) is 10.3 Å². The summed E-state index contributed by atoms with van der Waals surface area (Å²) in [5.41, 5.74) is 9.98. The van der Waals surface area contributed by atoms with Crippen molar-refractivity contribution in [1.82, 2.24) is 0 Å². The Morgan fingerprint density at radius 3 is 2.83 bits per heavy atom. The number of benzene rings is 1. The van der Waals surface area contributed by atoms with E-state index in [1.807, 2.05) is 6.07 Å². The number of esters is 1. The lowest BCUT2D eigenvalue weighted by Crippen LogP contribution is -2.20. The highest BCUT2D eigenvalue weighted by atomic mass is 16.5. The van der Waals surface area contributed by atoms with Crippen molar-refractivity contribution in [2.45, 2.75) is 6.61 Å². The van der Waals surface area contributed by atoms with Crippen LogP contribution >= 0.6 is 0 Å². The van der Waals surface area contributed by atoms with Crippen LogP contribution in [0.5, 0.6) is 0 Å². The molecule has 0 bridgehead atoms. The summed E-state index contributed by atoms with van der Waals surface area (Å²) in [7, 11) is 1.23. The van der Waals surface area contributed by atoms with Crippen molar-refractivity contribution in [3.63, 3.8) is 0 Å². The van der Waals surface area contributed by atoms with Crippen LogP contribution in [0.4, 0.5) is 0 Å². The van der Waals surface area contributed by atoms with Crippen molar-refractivity contribution in [3.8, 4) is 0 Å². The van der Waals surface area contributed by atoms with E-state index in [0.717, 1.165) is 5.56 Å². The second-order valence-electron chi connectivity index (χ2n) is 3.40. The van der Waals surface area contributed by atoms with Crippen LogP contribution in [-0.4, -0.2) is 30.2 Å². The van der Waals surface area contributed by atoms with Gasteiger partial charge in [0.25, 0.3) is 0 Å². The molecule has 0 saturated carbocycles. The van der Waals surface area contributed by atoms with Crippen LogP contribution in [0.3, 0.4) is 0 Å². The molecular formula is C13H14N2O3. The molecular weight excluding hydrogens is 232 g/mol. The summed E-state index contributed by atoms with van der Waals surface area (Å²) in [5, 5.41) is 0. The SMILES string of the molecule is C=CCOCc1ccccc1C(=[N+]=[N-])C(=O)OC. The van der Waals surface area contributed by atoms with Gasteiger partial charge >= 0.3 is 11.7 Å². The van der Waals surface area contributed by atoms with Gasteiger partial charge in [0.2, 0.25) is 0 Å². The minimum atomic E-state index is -0.700. The topological polar surface area (TPSA) is 71.9 Å². The molecule has 0 saturated heterocycles. The van der Waals surface area contributed by atoms with Gasteiger partial charge < -0.3 is 15.0 Å². The van der Waals surface area contributed by atoms with E-state index in [-0.39, 0.29) is 12.3 Å². The Hall–Kier alpha value is -2.23.